The van der Waals surface area contributed by atoms with Crippen LogP contribution in [0.4, 0.5) is 5.69 Å². The van der Waals surface area contributed by atoms with Gasteiger partial charge in [-0.25, -0.2) is 4.79 Å². The highest BCUT2D eigenvalue weighted by Gasteiger charge is 2.32. The van der Waals surface area contributed by atoms with Crippen LogP contribution >= 0.6 is 0 Å². The second-order valence-corrected chi connectivity index (χ2v) is 7.33. The molecule has 0 saturated heterocycles. The van der Waals surface area contributed by atoms with E-state index >= 15 is 0 Å². The maximum absolute atomic E-state index is 11.8. The first-order valence-corrected chi connectivity index (χ1v) is 10.3. The molecule has 6 nitrogen and oxygen atoms in total. The van der Waals surface area contributed by atoms with Crippen LogP contribution in [-0.4, -0.2) is 30.8 Å². The van der Waals surface area contributed by atoms with E-state index < -0.39 is 12.0 Å². The minimum atomic E-state index is -0.877. The van der Waals surface area contributed by atoms with Gasteiger partial charge < -0.3 is 24.6 Å². The summed E-state index contributed by atoms with van der Waals surface area (Å²) in [7, 11) is 1.60. The fourth-order valence-electron chi connectivity index (χ4n) is 3.91. The van der Waals surface area contributed by atoms with Crippen molar-refractivity contribution < 1.29 is 24.1 Å². The number of aliphatic carboxylic acids is 1. The van der Waals surface area contributed by atoms with Gasteiger partial charge in [0.05, 0.1) is 13.7 Å². The molecular weight excluding hydrogens is 394 g/mol. The molecule has 0 aromatic heterocycles. The molecule has 0 aliphatic carbocycles. The molecule has 1 aliphatic rings. The SMILES string of the molecule is CCOc1ccc(C2CC(C(=O)O)Nc3ccc(Oc4ccccc4)cc32)cc1OC. The minimum Gasteiger partial charge on any atom is -0.493 e. The van der Waals surface area contributed by atoms with Crippen molar-refractivity contribution in [2.45, 2.75) is 25.3 Å². The Morgan fingerprint density at radius 1 is 1.03 bits per heavy atom. The van der Waals surface area contributed by atoms with Crippen molar-refractivity contribution in [2.24, 2.45) is 0 Å². The topological polar surface area (TPSA) is 77.0 Å². The van der Waals surface area contributed by atoms with E-state index in [9.17, 15) is 9.90 Å². The Balaban J connectivity index is 1.73. The van der Waals surface area contributed by atoms with E-state index in [4.69, 9.17) is 14.2 Å². The average Bonchev–Trinajstić information content (AvgIpc) is 2.79. The van der Waals surface area contributed by atoms with Gasteiger partial charge >= 0.3 is 5.97 Å². The number of benzene rings is 3. The first-order valence-electron chi connectivity index (χ1n) is 10.3. The van der Waals surface area contributed by atoms with Crippen molar-refractivity contribution in [1.29, 1.82) is 0 Å². The number of carboxylic acid groups (broad SMARTS) is 1. The van der Waals surface area contributed by atoms with Crippen molar-refractivity contribution in [3.8, 4) is 23.0 Å². The molecule has 0 bridgehead atoms. The van der Waals surface area contributed by atoms with E-state index in [0.717, 1.165) is 22.6 Å². The number of para-hydroxylation sites is 1. The highest BCUT2D eigenvalue weighted by atomic mass is 16.5. The molecule has 0 radical (unpaired) electrons. The zero-order valence-corrected chi connectivity index (χ0v) is 17.5. The quantitative estimate of drug-likeness (QED) is 0.542. The van der Waals surface area contributed by atoms with E-state index in [1.807, 2.05) is 73.7 Å². The number of ether oxygens (including phenoxy) is 3. The maximum atomic E-state index is 11.8. The van der Waals surface area contributed by atoms with Gasteiger partial charge in [0.25, 0.3) is 0 Å². The van der Waals surface area contributed by atoms with Gasteiger partial charge in [-0.3, -0.25) is 0 Å². The Hall–Kier alpha value is -3.67. The molecule has 160 valence electrons. The number of anilines is 1. The van der Waals surface area contributed by atoms with Gasteiger partial charge in [-0.1, -0.05) is 24.3 Å². The molecule has 0 saturated carbocycles. The van der Waals surface area contributed by atoms with E-state index in [-0.39, 0.29) is 5.92 Å². The molecule has 0 fully saturated rings. The van der Waals surface area contributed by atoms with Gasteiger partial charge in [0.15, 0.2) is 11.5 Å². The summed E-state index contributed by atoms with van der Waals surface area (Å²) < 4.78 is 17.2. The third-order valence-electron chi connectivity index (χ3n) is 5.37. The van der Waals surface area contributed by atoms with Crippen molar-refractivity contribution in [3.05, 3.63) is 77.9 Å². The molecule has 0 amide bonds. The molecule has 3 aromatic rings. The molecule has 1 aliphatic heterocycles. The lowest BCUT2D eigenvalue weighted by atomic mass is 9.82. The van der Waals surface area contributed by atoms with Crippen LogP contribution < -0.4 is 19.5 Å². The molecular formula is C25H25NO5. The van der Waals surface area contributed by atoms with Gasteiger partial charge in [0.2, 0.25) is 0 Å². The minimum absolute atomic E-state index is 0.138. The average molecular weight is 419 g/mol. The van der Waals surface area contributed by atoms with Crippen molar-refractivity contribution >= 4 is 11.7 Å². The number of fused-ring (bicyclic) bond motifs is 1. The molecule has 6 heteroatoms. The van der Waals surface area contributed by atoms with Crippen molar-refractivity contribution in [1.82, 2.24) is 0 Å². The van der Waals surface area contributed by atoms with E-state index in [1.165, 1.54) is 0 Å². The molecule has 2 N–H and O–H groups in total. The van der Waals surface area contributed by atoms with E-state index in [2.05, 4.69) is 5.32 Å². The number of hydrogen-bond donors (Lipinski definition) is 2. The summed E-state index contributed by atoms with van der Waals surface area (Å²) in [6.45, 7) is 2.45. The van der Waals surface area contributed by atoms with Crippen LogP contribution in [0.5, 0.6) is 23.0 Å². The number of carbonyl (C=O) groups is 1. The van der Waals surface area contributed by atoms with E-state index in [1.54, 1.807) is 7.11 Å². The van der Waals surface area contributed by atoms with Crippen molar-refractivity contribution in [3.63, 3.8) is 0 Å². The van der Waals surface area contributed by atoms with Crippen LogP contribution in [0, 0.1) is 0 Å². The summed E-state index contributed by atoms with van der Waals surface area (Å²) in [6, 6.07) is 20.3. The van der Waals surface area contributed by atoms with Gasteiger partial charge in [-0.15, -0.1) is 0 Å². The Bertz CT molecular complexity index is 1070. The second-order valence-electron chi connectivity index (χ2n) is 7.33. The fourth-order valence-corrected chi connectivity index (χ4v) is 3.91. The molecule has 2 unspecified atom stereocenters. The molecule has 1 heterocycles. The molecule has 4 rings (SSSR count). The largest absolute Gasteiger partial charge is 0.493 e. The Kier molecular flexibility index (Phi) is 5.98. The monoisotopic (exact) mass is 419 g/mol. The number of hydrogen-bond acceptors (Lipinski definition) is 5. The smallest absolute Gasteiger partial charge is 0.326 e. The zero-order valence-electron chi connectivity index (χ0n) is 17.5. The number of carboxylic acids is 1. The fraction of sp³-hybridized carbons (Fsp3) is 0.240. The molecule has 0 spiro atoms. The molecule has 3 aromatic carbocycles. The summed E-state index contributed by atoms with van der Waals surface area (Å²) >= 11 is 0. The number of nitrogens with one attached hydrogen (secondary N) is 1. The highest BCUT2D eigenvalue weighted by Crippen LogP contribution is 2.43. The van der Waals surface area contributed by atoms with Crippen LogP contribution in [0.1, 0.15) is 30.4 Å². The lowest BCUT2D eigenvalue weighted by molar-refractivity contribution is -0.138. The Labute approximate surface area is 181 Å². The third-order valence-corrected chi connectivity index (χ3v) is 5.37. The summed E-state index contributed by atoms with van der Waals surface area (Å²) in [5, 5.41) is 12.8. The van der Waals surface area contributed by atoms with Gasteiger partial charge in [0.1, 0.15) is 17.5 Å². The lowest BCUT2D eigenvalue weighted by Crippen LogP contribution is -2.35. The number of rotatable bonds is 7. The maximum Gasteiger partial charge on any atom is 0.326 e. The summed E-state index contributed by atoms with van der Waals surface area (Å²) in [5.41, 5.74) is 2.74. The summed E-state index contributed by atoms with van der Waals surface area (Å²) in [4.78, 5) is 11.8. The van der Waals surface area contributed by atoms with Crippen LogP contribution in [0.2, 0.25) is 0 Å². The Morgan fingerprint density at radius 3 is 2.55 bits per heavy atom. The van der Waals surface area contributed by atoms with E-state index in [0.29, 0.717) is 30.3 Å². The predicted molar refractivity (Wildman–Crippen MR) is 119 cm³/mol. The van der Waals surface area contributed by atoms with Gasteiger partial charge in [-0.2, -0.15) is 0 Å². The Morgan fingerprint density at radius 2 is 1.84 bits per heavy atom. The predicted octanol–water partition coefficient (Wildman–Crippen LogP) is 5.29. The second kappa shape index (κ2) is 9.00. The van der Waals surface area contributed by atoms with Crippen LogP contribution in [-0.2, 0) is 4.79 Å². The normalized spacial score (nSPS) is 17.2. The highest BCUT2D eigenvalue weighted by molar-refractivity contribution is 5.80. The molecule has 31 heavy (non-hydrogen) atoms. The lowest BCUT2D eigenvalue weighted by Gasteiger charge is -2.32. The summed E-state index contributed by atoms with van der Waals surface area (Å²) in [5.74, 6) is 1.72. The van der Waals surface area contributed by atoms with Crippen LogP contribution in [0.15, 0.2) is 66.7 Å². The first-order chi connectivity index (χ1) is 15.1. The first kappa shape index (κ1) is 20.6. The molecule has 2 atom stereocenters. The third kappa shape index (κ3) is 4.43. The summed E-state index contributed by atoms with van der Waals surface area (Å²) in [6.07, 6.45) is 0.411. The van der Waals surface area contributed by atoms with Crippen LogP contribution in [0.3, 0.4) is 0 Å². The van der Waals surface area contributed by atoms with Crippen molar-refractivity contribution in [2.75, 3.05) is 19.0 Å². The number of methoxy groups -OCH3 is 1. The zero-order chi connectivity index (χ0) is 21.8. The van der Waals surface area contributed by atoms with Crippen LogP contribution in [0.25, 0.3) is 0 Å². The standard InChI is InChI=1S/C25H25NO5/c1-3-30-23-12-9-16(13-24(23)29-2)19-15-22(25(27)28)26-21-11-10-18(14-20(19)21)31-17-7-5-4-6-8-17/h4-14,19,22,26H,3,15H2,1-2H3,(H,27,28). The van der Waals surface area contributed by atoms with Gasteiger partial charge in [-0.05, 0) is 66.9 Å². The van der Waals surface area contributed by atoms with Gasteiger partial charge in [0, 0.05) is 11.6 Å².